The molecule has 0 saturated carbocycles. The first-order valence-electron chi connectivity index (χ1n) is 9.30. The molecule has 0 spiro atoms. The predicted octanol–water partition coefficient (Wildman–Crippen LogP) is 3.59. The van der Waals surface area contributed by atoms with Gasteiger partial charge in [-0.15, -0.1) is 0 Å². The van der Waals surface area contributed by atoms with Crippen LogP contribution < -0.4 is 10.6 Å². The van der Waals surface area contributed by atoms with E-state index in [4.69, 9.17) is 16.3 Å². The summed E-state index contributed by atoms with van der Waals surface area (Å²) in [5.74, 6) is -4.58. The van der Waals surface area contributed by atoms with Crippen LogP contribution >= 0.6 is 23.4 Å². The minimum atomic E-state index is -1.27. The number of rotatable bonds is 6. The van der Waals surface area contributed by atoms with Crippen LogP contribution in [0.1, 0.15) is 11.5 Å². The maximum atomic E-state index is 13.0. The molecule has 0 saturated heterocycles. The Kier molecular flexibility index (Phi) is 7.51. The van der Waals surface area contributed by atoms with Crippen LogP contribution in [-0.2, 0) is 19.1 Å². The number of carbonyl (C=O) groups excluding carboxylic acids is 3. The van der Waals surface area contributed by atoms with Crippen LogP contribution in [-0.4, -0.2) is 30.6 Å². The highest BCUT2D eigenvalue weighted by molar-refractivity contribution is 8.03. The van der Waals surface area contributed by atoms with Gasteiger partial charge >= 0.3 is 5.97 Å². The van der Waals surface area contributed by atoms with Gasteiger partial charge in [0.05, 0.1) is 29.5 Å². The van der Waals surface area contributed by atoms with E-state index in [-0.39, 0.29) is 16.4 Å². The second-order valence-electron chi connectivity index (χ2n) is 6.72. The second-order valence-corrected chi connectivity index (χ2v) is 8.14. The molecule has 1 aliphatic heterocycles. The smallest absolute Gasteiger partial charge is 0.319 e. The molecule has 10 heteroatoms. The molecule has 164 valence electrons. The van der Waals surface area contributed by atoms with Gasteiger partial charge < -0.3 is 15.4 Å². The maximum Gasteiger partial charge on any atom is 0.319 e. The number of nitrogens with zero attached hydrogens (tertiary/aromatic N) is 1. The Morgan fingerprint density at radius 2 is 1.88 bits per heavy atom. The molecular formula is C22H17ClFN3O4S. The zero-order chi connectivity index (χ0) is 23.3. The van der Waals surface area contributed by atoms with Crippen molar-refractivity contribution in [3.63, 3.8) is 0 Å². The highest BCUT2D eigenvalue weighted by Gasteiger charge is 2.44. The fourth-order valence-electron chi connectivity index (χ4n) is 3.22. The first-order chi connectivity index (χ1) is 15.3. The van der Waals surface area contributed by atoms with Crippen LogP contribution in [0.5, 0.6) is 0 Å². The van der Waals surface area contributed by atoms with E-state index in [1.807, 2.05) is 0 Å². The van der Waals surface area contributed by atoms with Crippen LogP contribution in [0.2, 0.25) is 5.02 Å². The summed E-state index contributed by atoms with van der Waals surface area (Å²) in [6.07, 6.45) is 0. The van der Waals surface area contributed by atoms with Crippen LogP contribution in [0.4, 0.5) is 10.1 Å². The zero-order valence-electron chi connectivity index (χ0n) is 16.7. The molecule has 3 rings (SSSR count). The fourth-order valence-corrected chi connectivity index (χ4v) is 4.19. The van der Waals surface area contributed by atoms with Gasteiger partial charge in [0.1, 0.15) is 11.7 Å². The molecule has 0 fully saturated rings. The minimum Gasteiger partial charge on any atom is -0.468 e. The van der Waals surface area contributed by atoms with E-state index in [2.05, 4.69) is 16.7 Å². The van der Waals surface area contributed by atoms with E-state index >= 15 is 0 Å². The number of esters is 1. The molecule has 7 nitrogen and oxygen atoms in total. The molecule has 2 aromatic rings. The van der Waals surface area contributed by atoms with E-state index in [9.17, 15) is 24.0 Å². The number of anilines is 1. The van der Waals surface area contributed by atoms with Gasteiger partial charge in [0.15, 0.2) is 0 Å². The highest BCUT2D eigenvalue weighted by Crippen LogP contribution is 2.40. The topological polar surface area (TPSA) is 108 Å². The Hall–Kier alpha value is -3.35. The monoisotopic (exact) mass is 473 g/mol. The molecule has 2 unspecified atom stereocenters. The number of amides is 2. The van der Waals surface area contributed by atoms with Crippen LogP contribution in [0.3, 0.4) is 0 Å². The largest absolute Gasteiger partial charge is 0.468 e. The number of hydrogen-bond donors (Lipinski definition) is 2. The Bertz CT molecular complexity index is 1110. The van der Waals surface area contributed by atoms with E-state index in [1.54, 1.807) is 24.3 Å². The predicted molar refractivity (Wildman–Crippen MR) is 118 cm³/mol. The Labute approximate surface area is 192 Å². The SMILES string of the molecule is COC(=O)C1C(=O)NC(SCC(=O)Nc2ccc(F)cc2)=C(C#N)C1c1ccc(Cl)cc1. The van der Waals surface area contributed by atoms with Crippen molar-refractivity contribution in [2.75, 3.05) is 18.2 Å². The minimum absolute atomic E-state index is 0.127. The summed E-state index contributed by atoms with van der Waals surface area (Å²) in [7, 11) is 1.16. The lowest BCUT2D eigenvalue weighted by Gasteiger charge is -2.30. The third-order valence-electron chi connectivity index (χ3n) is 4.69. The molecule has 0 bridgehead atoms. The Morgan fingerprint density at radius 1 is 1.22 bits per heavy atom. The van der Waals surface area contributed by atoms with Crippen LogP contribution in [0, 0.1) is 23.1 Å². The molecular weight excluding hydrogens is 457 g/mol. The van der Waals surface area contributed by atoms with Crippen molar-refractivity contribution in [3.8, 4) is 6.07 Å². The van der Waals surface area contributed by atoms with E-state index in [0.717, 1.165) is 18.9 Å². The summed E-state index contributed by atoms with van der Waals surface area (Å²) in [4.78, 5) is 37.4. The van der Waals surface area contributed by atoms with Gasteiger partial charge in [-0.05, 0) is 42.0 Å². The standard InChI is InChI=1S/C22H17ClFN3O4S/c1-31-22(30)19-18(12-2-4-13(23)5-3-12)16(10-25)21(27-20(19)29)32-11-17(28)26-15-8-6-14(24)7-9-15/h2-9,18-19H,11H2,1H3,(H,26,28)(H,27,29). The quantitative estimate of drug-likeness (QED) is 0.490. The molecule has 1 heterocycles. The van der Waals surface area contributed by atoms with Gasteiger partial charge in [0, 0.05) is 16.6 Å². The number of nitrogens with one attached hydrogen (secondary N) is 2. The van der Waals surface area contributed by atoms with E-state index in [0.29, 0.717) is 16.3 Å². The highest BCUT2D eigenvalue weighted by atomic mass is 35.5. The van der Waals surface area contributed by atoms with Crippen molar-refractivity contribution < 1.29 is 23.5 Å². The van der Waals surface area contributed by atoms with Crippen molar-refractivity contribution in [2.45, 2.75) is 5.92 Å². The summed E-state index contributed by atoms with van der Waals surface area (Å²) in [6.45, 7) is 0. The number of ether oxygens (including phenoxy) is 1. The molecule has 0 aliphatic carbocycles. The number of allylic oxidation sites excluding steroid dienone is 1. The number of hydrogen-bond acceptors (Lipinski definition) is 6. The molecule has 2 atom stereocenters. The van der Waals surface area contributed by atoms with Gasteiger partial charge in [0.25, 0.3) is 0 Å². The summed E-state index contributed by atoms with van der Waals surface area (Å²) in [6, 6.07) is 13.8. The summed E-state index contributed by atoms with van der Waals surface area (Å²) < 4.78 is 17.8. The third kappa shape index (κ3) is 5.28. The molecule has 32 heavy (non-hydrogen) atoms. The van der Waals surface area contributed by atoms with Gasteiger partial charge in [-0.25, -0.2) is 4.39 Å². The van der Waals surface area contributed by atoms with Crippen molar-refractivity contribution in [3.05, 3.63) is 75.5 Å². The zero-order valence-corrected chi connectivity index (χ0v) is 18.3. The molecule has 2 amide bonds. The molecule has 2 N–H and O–H groups in total. The first kappa shape index (κ1) is 23.3. The average molecular weight is 474 g/mol. The number of thioether (sulfide) groups is 1. The second kappa shape index (κ2) is 10.3. The number of benzene rings is 2. The van der Waals surface area contributed by atoms with Crippen LogP contribution in [0.15, 0.2) is 59.1 Å². The third-order valence-corrected chi connectivity index (χ3v) is 5.96. The van der Waals surface area contributed by atoms with E-state index < -0.39 is 35.4 Å². The van der Waals surface area contributed by atoms with Crippen molar-refractivity contribution in [1.29, 1.82) is 5.26 Å². The summed E-state index contributed by atoms with van der Waals surface area (Å²) in [5, 5.41) is 15.6. The first-order valence-corrected chi connectivity index (χ1v) is 10.7. The number of nitriles is 1. The average Bonchev–Trinajstić information content (AvgIpc) is 2.78. The Balaban J connectivity index is 1.87. The molecule has 2 aromatic carbocycles. The lowest BCUT2D eigenvalue weighted by molar-refractivity contribution is -0.150. The summed E-state index contributed by atoms with van der Waals surface area (Å²) in [5.41, 5.74) is 1.07. The fraction of sp³-hybridized carbons (Fsp3) is 0.182. The summed E-state index contributed by atoms with van der Waals surface area (Å²) >= 11 is 6.89. The lowest BCUT2D eigenvalue weighted by Crippen LogP contribution is -2.44. The van der Waals surface area contributed by atoms with Gasteiger partial charge in [-0.1, -0.05) is 35.5 Å². The number of halogens is 2. The van der Waals surface area contributed by atoms with Crippen molar-refractivity contribution in [2.24, 2.45) is 5.92 Å². The van der Waals surface area contributed by atoms with Crippen LogP contribution in [0.25, 0.3) is 0 Å². The molecule has 1 aliphatic rings. The Morgan fingerprint density at radius 3 is 2.47 bits per heavy atom. The van der Waals surface area contributed by atoms with Crippen molar-refractivity contribution in [1.82, 2.24) is 5.32 Å². The molecule has 0 radical (unpaired) electrons. The molecule has 0 aromatic heterocycles. The van der Waals surface area contributed by atoms with Gasteiger partial charge in [-0.3, -0.25) is 14.4 Å². The van der Waals surface area contributed by atoms with Gasteiger partial charge in [-0.2, -0.15) is 5.26 Å². The maximum absolute atomic E-state index is 13.0. The van der Waals surface area contributed by atoms with Gasteiger partial charge in [0.2, 0.25) is 11.8 Å². The van der Waals surface area contributed by atoms with Crippen molar-refractivity contribution >= 4 is 46.8 Å². The normalized spacial score (nSPS) is 17.9. The number of carbonyl (C=O) groups is 3. The number of methoxy groups -OCH3 is 1. The van der Waals surface area contributed by atoms with E-state index in [1.165, 1.54) is 24.3 Å². The lowest BCUT2D eigenvalue weighted by atomic mass is 9.78.